The fraction of sp³-hybridized carbons (Fsp3) is 0.316. The van der Waals surface area contributed by atoms with E-state index in [-0.39, 0.29) is 5.56 Å². The molecule has 1 aliphatic rings. The summed E-state index contributed by atoms with van der Waals surface area (Å²) in [6.07, 6.45) is -7.50. The molecule has 0 unspecified atom stereocenters. The van der Waals surface area contributed by atoms with Crippen LogP contribution in [0.2, 0.25) is 0 Å². The Morgan fingerprint density at radius 1 is 0.926 bits per heavy atom. The Balaban J connectivity index is 1.70. The number of ether oxygens (including phenoxy) is 3. The zero-order valence-electron chi connectivity index (χ0n) is 14.2. The van der Waals surface area contributed by atoms with Gasteiger partial charge in [0, 0.05) is 0 Å². The highest BCUT2D eigenvalue weighted by molar-refractivity contribution is 5.90. The molecule has 4 N–H and O–H groups in total. The van der Waals surface area contributed by atoms with E-state index < -0.39 is 43.3 Å². The lowest BCUT2D eigenvalue weighted by atomic mass is 9.99. The first-order valence-electron chi connectivity index (χ1n) is 8.34. The zero-order chi connectivity index (χ0) is 19.4. The van der Waals surface area contributed by atoms with Gasteiger partial charge in [0.15, 0.2) is 0 Å². The minimum atomic E-state index is -1.66. The average Bonchev–Trinajstić information content (AvgIpc) is 2.69. The van der Waals surface area contributed by atoms with Crippen LogP contribution in [-0.2, 0) is 9.47 Å². The zero-order valence-corrected chi connectivity index (χ0v) is 14.2. The molecule has 144 valence electrons. The van der Waals surface area contributed by atoms with Gasteiger partial charge < -0.3 is 34.6 Å². The molecule has 0 aromatic heterocycles. The lowest BCUT2D eigenvalue weighted by molar-refractivity contribution is -0.285. The van der Waals surface area contributed by atoms with Crippen LogP contribution in [-0.4, -0.2) is 63.7 Å². The summed E-state index contributed by atoms with van der Waals surface area (Å²) in [5.74, 6) is 0.180. The molecular weight excluding hydrogens is 356 g/mol. The smallest absolute Gasteiger partial charge is 0.340 e. The third-order valence-corrected chi connectivity index (χ3v) is 4.12. The van der Waals surface area contributed by atoms with Crippen molar-refractivity contribution < 1.29 is 39.4 Å². The molecule has 0 saturated carbocycles. The number of rotatable bonds is 5. The van der Waals surface area contributed by atoms with E-state index in [0.29, 0.717) is 11.5 Å². The number of esters is 1. The van der Waals surface area contributed by atoms with Gasteiger partial charge in [-0.05, 0) is 30.3 Å². The Bertz CT molecular complexity index is 763. The second-order valence-electron chi connectivity index (χ2n) is 6.05. The second-order valence-corrected chi connectivity index (χ2v) is 6.05. The molecule has 0 bridgehead atoms. The molecule has 0 radical (unpaired) electrons. The van der Waals surface area contributed by atoms with Crippen molar-refractivity contribution in [2.45, 2.75) is 30.7 Å². The van der Waals surface area contributed by atoms with E-state index >= 15 is 0 Å². The molecule has 2 aromatic rings. The quantitative estimate of drug-likeness (QED) is 0.554. The lowest BCUT2D eigenvalue weighted by Gasteiger charge is -2.39. The van der Waals surface area contributed by atoms with E-state index in [2.05, 4.69) is 0 Å². The number of benzene rings is 2. The number of carbonyl (C=O) groups excluding carboxylic acids is 1. The van der Waals surface area contributed by atoms with Crippen LogP contribution in [0.15, 0.2) is 54.6 Å². The van der Waals surface area contributed by atoms with Gasteiger partial charge in [0.25, 0.3) is 0 Å². The van der Waals surface area contributed by atoms with Crippen LogP contribution in [0, 0.1) is 0 Å². The molecule has 2 aromatic carbocycles. The van der Waals surface area contributed by atoms with Crippen LogP contribution in [0.4, 0.5) is 0 Å². The number of hydrogen-bond acceptors (Lipinski definition) is 8. The van der Waals surface area contributed by atoms with Crippen LogP contribution in [0.1, 0.15) is 10.4 Å². The topological polar surface area (TPSA) is 126 Å². The fourth-order valence-electron chi connectivity index (χ4n) is 2.65. The van der Waals surface area contributed by atoms with E-state index in [9.17, 15) is 25.2 Å². The first-order chi connectivity index (χ1) is 13.0. The van der Waals surface area contributed by atoms with Crippen LogP contribution < -0.4 is 4.74 Å². The molecule has 0 aliphatic carbocycles. The van der Waals surface area contributed by atoms with Gasteiger partial charge in [0.1, 0.15) is 35.9 Å². The summed E-state index contributed by atoms with van der Waals surface area (Å²) in [4.78, 5) is 12.4. The Hall–Kier alpha value is -2.49. The molecule has 8 heteroatoms. The molecule has 0 amide bonds. The van der Waals surface area contributed by atoms with Crippen molar-refractivity contribution in [3.8, 4) is 11.5 Å². The minimum absolute atomic E-state index is 0.139. The number of para-hydroxylation sites is 1. The second kappa shape index (κ2) is 8.47. The summed E-state index contributed by atoms with van der Waals surface area (Å²) in [6.45, 7) is -0.612. The summed E-state index contributed by atoms with van der Waals surface area (Å²) in [5, 5.41) is 38.6. The average molecular weight is 376 g/mol. The first-order valence-corrected chi connectivity index (χ1v) is 8.34. The predicted molar refractivity (Wildman–Crippen MR) is 92.1 cm³/mol. The summed E-state index contributed by atoms with van der Waals surface area (Å²) < 4.78 is 15.9. The van der Waals surface area contributed by atoms with Gasteiger partial charge >= 0.3 is 5.97 Å². The van der Waals surface area contributed by atoms with Crippen molar-refractivity contribution in [3.63, 3.8) is 0 Å². The van der Waals surface area contributed by atoms with E-state index in [4.69, 9.17) is 14.2 Å². The van der Waals surface area contributed by atoms with Gasteiger partial charge in [-0.3, -0.25) is 0 Å². The largest absolute Gasteiger partial charge is 0.457 e. The Kier molecular flexibility index (Phi) is 6.04. The van der Waals surface area contributed by atoms with E-state index in [1.165, 1.54) is 12.1 Å². The molecule has 1 aliphatic heterocycles. The third kappa shape index (κ3) is 4.44. The fourth-order valence-corrected chi connectivity index (χ4v) is 2.65. The van der Waals surface area contributed by atoms with E-state index in [0.717, 1.165) is 0 Å². The van der Waals surface area contributed by atoms with Gasteiger partial charge in [0.05, 0.1) is 12.2 Å². The monoisotopic (exact) mass is 376 g/mol. The molecule has 8 nitrogen and oxygen atoms in total. The highest BCUT2D eigenvalue weighted by Crippen LogP contribution is 2.25. The van der Waals surface area contributed by atoms with Crippen LogP contribution in [0.3, 0.4) is 0 Å². The molecule has 1 saturated heterocycles. The first kappa shape index (κ1) is 19.3. The highest BCUT2D eigenvalue weighted by atomic mass is 16.7. The minimum Gasteiger partial charge on any atom is -0.457 e. The SMILES string of the molecule is O=C(O[C@@H]1O[C@H](CO)[C@@H](O)[C@H](O)[C@H]1O)c1cccc(Oc2ccccc2)c1. The normalized spacial score (nSPS) is 27.8. The van der Waals surface area contributed by atoms with Gasteiger partial charge in [-0.2, -0.15) is 0 Å². The summed E-state index contributed by atoms with van der Waals surface area (Å²) in [7, 11) is 0. The number of carbonyl (C=O) groups is 1. The maximum atomic E-state index is 12.4. The predicted octanol–water partition coefficient (Wildman–Crippen LogP) is 0.436. The lowest BCUT2D eigenvalue weighted by Crippen LogP contribution is -2.59. The van der Waals surface area contributed by atoms with Crippen molar-refractivity contribution in [1.29, 1.82) is 0 Å². The highest BCUT2D eigenvalue weighted by Gasteiger charge is 2.45. The molecule has 3 rings (SSSR count). The molecule has 1 fully saturated rings. The Morgan fingerprint density at radius 2 is 1.63 bits per heavy atom. The van der Waals surface area contributed by atoms with Gasteiger partial charge in [-0.25, -0.2) is 4.79 Å². The Morgan fingerprint density at radius 3 is 2.33 bits per heavy atom. The molecule has 1 heterocycles. The van der Waals surface area contributed by atoms with Gasteiger partial charge in [-0.15, -0.1) is 0 Å². The summed E-state index contributed by atoms with van der Waals surface area (Å²) in [6, 6.07) is 15.2. The van der Waals surface area contributed by atoms with Crippen LogP contribution in [0.25, 0.3) is 0 Å². The number of aliphatic hydroxyl groups excluding tert-OH is 4. The maximum absolute atomic E-state index is 12.4. The van der Waals surface area contributed by atoms with Crippen molar-refractivity contribution in [2.24, 2.45) is 0 Å². The Labute approximate surface area is 155 Å². The van der Waals surface area contributed by atoms with Gasteiger partial charge in [-0.1, -0.05) is 24.3 Å². The molecule has 0 spiro atoms. The standard InChI is InChI=1S/C19H20O8/c20-10-14-15(21)16(22)17(23)19(26-14)27-18(24)11-5-4-8-13(9-11)25-12-6-2-1-3-7-12/h1-9,14-17,19-23H,10H2/t14-,15-,16+,17-,19+/m1/s1. The molecular formula is C19H20O8. The van der Waals surface area contributed by atoms with Crippen LogP contribution >= 0.6 is 0 Å². The van der Waals surface area contributed by atoms with Crippen LogP contribution in [0.5, 0.6) is 11.5 Å². The molecule has 27 heavy (non-hydrogen) atoms. The van der Waals surface area contributed by atoms with E-state index in [1.54, 1.807) is 24.3 Å². The van der Waals surface area contributed by atoms with Crippen molar-refractivity contribution in [3.05, 3.63) is 60.2 Å². The van der Waals surface area contributed by atoms with Crippen molar-refractivity contribution in [2.75, 3.05) is 6.61 Å². The maximum Gasteiger partial charge on any atom is 0.340 e. The third-order valence-electron chi connectivity index (χ3n) is 4.12. The molecule has 5 atom stereocenters. The summed E-state index contributed by atoms with van der Waals surface area (Å²) >= 11 is 0. The van der Waals surface area contributed by atoms with E-state index in [1.807, 2.05) is 18.2 Å². The number of aliphatic hydroxyl groups is 4. The van der Waals surface area contributed by atoms with Gasteiger partial charge in [0.2, 0.25) is 6.29 Å². The van der Waals surface area contributed by atoms with Crippen molar-refractivity contribution >= 4 is 5.97 Å². The number of hydrogen-bond donors (Lipinski definition) is 4. The summed E-state index contributed by atoms with van der Waals surface area (Å²) in [5.41, 5.74) is 0.139. The van der Waals surface area contributed by atoms with Crippen molar-refractivity contribution in [1.82, 2.24) is 0 Å².